The van der Waals surface area contributed by atoms with Gasteiger partial charge in [0.2, 0.25) is 5.88 Å². The zero-order chi connectivity index (χ0) is 23.0. The fraction of sp³-hybridized carbons (Fsp3) is 0.500. The van der Waals surface area contributed by atoms with E-state index in [1.807, 2.05) is 17.1 Å². The van der Waals surface area contributed by atoms with Gasteiger partial charge < -0.3 is 20.7 Å². The summed E-state index contributed by atoms with van der Waals surface area (Å²) in [4.78, 5) is 27.3. The molecule has 2 atom stereocenters. The van der Waals surface area contributed by atoms with Gasteiger partial charge >= 0.3 is 6.18 Å². The van der Waals surface area contributed by atoms with Crippen LogP contribution in [0.2, 0.25) is 0 Å². The third kappa shape index (κ3) is 4.87. The maximum atomic E-state index is 13.0. The third-order valence-corrected chi connectivity index (χ3v) is 5.18. The summed E-state index contributed by atoms with van der Waals surface area (Å²) >= 11 is 0. The Kier molecular flexibility index (Phi) is 6.08. The highest BCUT2D eigenvalue weighted by Gasteiger charge is 2.39. The van der Waals surface area contributed by atoms with Crippen LogP contribution in [0.4, 0.5) is 18.9 Å². The number of rotatable bonds is 5. The van der Waals surface area contributed by atoms with Crippen LogP contribution in [-0.2, 0) is 0 Å². The first-order valence-electron chi connectivity index (χ1n) is 9.70. The zero-order valence-electron chi connectivity index (χ0n) is 17.7. The summed E-state index contributed by atoms with van der Waals surface area (Å²) in [6.07, 6.45) is 0.401. The van der Waals surface area contributed by atoms with Crippen LogP contribution in [0.3, 0.4) is 0 Å². The number of nitrogens with one attached hydrogen (secondary N) is 1. The second kappa shape index (κ2) is 8.29. The van der Waals surface area contributed by atoms with Gasteiger partial charge in [0, 0.05) is 42.8 Å². The van der Waals surface area contributed by atoms with E-state index in [-0.39, 0.29) is 11.4 Å². The molecule has 8 nitrogen and oxygen atoms in total. The highest BCUT2D eigenvalue weighted by atomic mass is 19.4. The highest BCUT2D eigenvalue weighted by Crippen LogP contribution is 2.41. The lowest BCUT2D eigenvalue weighted by Crippen LogP contribution is -2.44. The van der Waals surface area contributed by atoms with Crippen LogP contribution in [0.15, 0.2) is 18.6 Å². The summed E-state index contributed by atoms with van der Waals surface area (Å²) in [6.45, 7) is 5.40. The molecule has 0 saturated carbocycles. The van der Waals surface area contributed by atoms with Crippen LogP contribution >= 0.6 is 0 Å². The van der Waals surface area contributed by atoms with E-state index in [1.54, 1.807) is 19.3 Å². The lowest BCUT2D eigenvalue weighted by atomic mass is 10.0. The fourth-order valence-electron chi connectivity index (χ4n) is 3.45. The molecule has 0 radical (unpaired) electrons. The standard InChI is InChI=1S/C20H25F3N6O2/c1-11(20(21,22)23)28-17(30)14-9-27-18(31-4)15(13-7-25-12(2)26-8-13)16(14)29-6-5-19(3,24)10-29/h7-9,11H,5-6,10,24H2,1-4H3,(H,28,30)/t11?,19-/m0/s1. The molecular formula is C20H25F3N6O2. The number of nitrogens with zero attached hydrogens (tertiary/aromatic N) is 4. The first-order valence-corrected chi connectivity index (χ1v) is 9.70. The number of ether oxygens (including phenoxy) is 1. The Morgan fingerprint density at radius 1 is 1.29 bits per heavy atom. The number of methoxy groups -OCH3 is 1. The van der Waals surface area contributed by atoms with Crippen LogP contribution in [0.5, 0.6) is 5.88 Å². The molecule has 1 aliphatic rings. The van der Waals surface area contributed by atoms with Crippen LogP contribution in [0.25, 0.3) is 11.1 Å². The molecule has 0 bridgehead atoms. The molecule has 1 fully saturated rings. The molecule has 3 N–H and O–H groups in total. The van der Waals surface area contributed by atoms with E-state index in [2.05, 4.69) is 15.0 Å². The molecule has 2 aromatic heterocycles. The Hall–Kier alpha value is -2.95. The van der Waals surface area contributed by atoms with Crippen molar-refractivity contribution in [2.45, 2.75) is 44.9 Å². The number of carbonyl (C=O) groups excluding carboxylic acids is 1. The Bertz CT molecular complexity index is 963. The first kappa shape index (κ1) is 22.7. The van der Waals surface area contributed by atoms with Crippen LogP contribution in [0.1, 0.15) is 36.5 Å². The Balaban J connectivity index is 2.18. The maximum Gasteiger partial charge on any atom is 0.408 e. The highest BCUT2D eigenvalue weighted by molar-refractivity contribution is 6.04. The molecule has 0 aromatic carbocycles. The molecule has 2 aromatic rings. The monoisotopic (exact) mass is 438 g/mol. The van der Waals surface area contributed by atoms with Gasteiger partial charge in [-0.05, 0) is 27.2 Å². The van der Waals surface area contributed by atoms with Crippen molar-refractivity contribution in [3.8, 4) is 17.0 Å². The van der Waals surface area contributed by atoms with Gasteiger partial charge in [-0.1, -0.05) is 0 Å². The molecule has 1 aliphatic heterocycles. The number of hydrogen-bond acceptors (Lipinski definition) is 7. The van der Waals surface area contributed by atoms with Gasteiger partial charge in [-0.2, -0.15) is 13.2 Å². The van der Waals surface area contributed by atoms with Gasteiger partial charge in [0.05, 0.1) is 23.9 Å². The number of aryl methyl sites for hydroxylation is 1. The predicted octanol–water partition coefficient (Wildman–Crippen LogP) is 2.46. The van der Waals surface area contributed by atoms with E-state index in [9.17, 15) is 18.0 Å². The molecule has 3 rings (SSSR count). The minimum absolute atomic E-state index is 0.00910. The molecule has 11 heteroatoms. The molecule has 31 heavy (non-hydrogen) atoms. The number of halogens is 3. The molecule has 3 heterocycles. The topological polar surface area (TPSA) is 106 Å². The summed E-state index contributed by atoms with van der Waals surface area (Å²) in [5.41, 5.74) is 7.09. The second-order valence-electron chi connectivity index (χ2n) is 7.99. The number of pyridine rings is 1. The van der Waals surface area contributed by atoms with Crippen molar-refractivity contribution in [3.05, 3.63) is 30.0 Å². The lowest BCUT2D eigenvalue weighted by Gasteiger charge is -2.27. The summed E-state index contributed by atoms with van der Waals surface area (Å²) < 4.78 is 44.5. The van der Waals surface area contributed by atoms with E-state index in [4.69, 9.17) is 10.5 Å². The second-order valence-corrected chi connectivity index (χ2v) is 7.99. The molecule has 1 saturated heterocycles. The largest absolute Gasteiger partial charge is 0.480 e. The number of carbonyl (C=O) groups is 1. The van der Waals surface area contributed by atoms with Crippen LogP contribution < -0.4 is 20.7 Å². The molecule has 0 spiro atoms. The van der Waals surface area contributed by atoms with E-state index >= 15 is 0 Å². The number of amides is 1. The quantitative estimate of drug-likeness (QED) is 0.739. The third-order valence-electron chi connectivity index (χ3n) is 5.18. The van der Waals surface area contributed by atoms with Crippen molar-refractivity contribution < 1.29 is 22.7 Å². The summed E-state index contributed by atoms with van der Waals surface area (Å²) in [7, 11) is 1.42. The van der Waals surface area contributed by atoms with Crippen molar-refractivity contribution >= 4 is 11.6 Å². The number of anilines is 1. The van der Waals surface area contributed by atoms with Gasteiger partial charge in [0.25, 0.3) is 5.91 Å². The van der Waals surface area contributed by atoms with Crippen LogP contribution in [-0.4, -0.2) is 58.8 Å². The van der Waals surface area contributed by atoms with Crippen molar-refractivity contribution in [2.24, 2.45) is 5.73 Å². The van der Waals surface area contributed by atoms with E-state index in [0.717, 1.165) is 6.92 Å². The number of hydrogen-bond donors (Lipinski definition) is 2. The van der Waals surface area contributed by atoms with E-state index in [1.165, 1.54) is 13.3 Å². The average molecular weight is 438 g/mol. The maximum absolute atomic E-state index is 13.0. The minimum Gasteiger partial charge on any atom is -0.480 e. The van der Waals surface area contributed by atoms with Crippen LogP contribution in [0, 0.1) is 6.92 Å². The molecule has 1 amide bonds. The summed E-state index contributed by atoms with van der Waals surface area (Å²) in [5.74, 6) is -0.149. The van der Waals surface area contributed by atoms with Crippen molar-refractivity contribution in [3.63, 3.8) is 0 Å². The molecular weight excluding hydrogens is 413 g/mol. The Labute approximate surface area is 178 Å². The van der Waals surface area contributed by atoms with E-state index < -0.39 is 23.7 Å². The zero-order valence-corrected chi connectivity index (χ0v) is 17.7. The molecule has 0 aliphatic carbocycles. The predicted molar refractivity (Wildman–Crippen MR) is 109 cm³/mol. The SMILES string of the molecule is COc1ncc(C(=O)NC(C)C(F)(F)F)c(N2CC[C@](C)(N)C2)c1-c1cnc(C)nc1. The minimum atomic E-state index is -4.58. The number of alkyl halides is 3. The summed E-state index contributed by atoms with van der Waals surface area (Å²) in [5, 5.41) is 2.01. The molecule has 168 valence electrons. The number of nitrogens with two attached hydrogens (primary N) is 1. The van der Waals surface area contributed by atoms with Gasteiger partial charge in [0.15, 0.2) is 0 Å². The Morgan fingerprint density at radius 2 is 1.94 bits per heavy atom. The van der Waals surface area contributed by atoms with Gasteiger partial charge in [-0.25, -0.2) is 15.0 Å². The van der Waals surface area contributed by atoms with Gasteiger partial charge in [-0.3, -0.25) is 4.79 Å². The summed E-state index contributed by atoms with van der Waals surface area (Å²) in [6, 6.07) is -2.03. The first-order chi connectivity index (χ1) is 14.4. The van der Waals surface area contributed by atoms with Crippen molar-refractivity contribution in [2.75, 3.05) is 25.1 Å². The normalized spacial score (nSPS) is 19.9. The van der Waals surface area contributed by atoms with Crippen molar-refractivity contribution in [1.82, 2.24) is 20.3 Å². The lowest BCUT2D eigenvalue weighted by molar-refractivity contribution is -0.149. The van der Waals surface area contributed by atoms with Gasteiger partial charge in [-0.15, -0.1) is 0 Å². The number of aromatic nitrogens is 3. The average Bonchev–Trinajstić information content (AvgIpc) is 3.06. The van der Waals surface area contributed by atoms with Gasteiger partial charge in [0.1, 0.15) is 11.9 Å². The van der Waals surface area contributed by atoms with Crippen molar-refractivity contribution in [1.29, 1.82) is 0 Å². The smallest absolute Gasteiger partial charge is 0.408 e. The Morgan fingerprint density at radius 3 is 2.45 bits per heavy atom. The molecule has 1 unspecified atom stereocenters. The van der Waals surface area contributed by atoms with E-state index in [0.29, 0.717) is 42.1 Å². The fourth-order valence-corrected chi connectivity index (χ4v) is 3.45.